The first-order valence-electron chi connectivity index (χ1n) is 5.72. The molecule has 0 atom stereocenters. The van der Waals surface area contributed by atoms with Crippen molar-refractivity contribution in [2.24, 2.45) is 0 Å². The average Bonchev–Trinajstić information content (AvgIpc) is 2.31. The maximum absolute atomic E-state index is 10.3. The van der Waals surface area contributed by atoms with E-state index in [0.717, 1.165) is 23.9 Å². The monoisotopic (exact) mass is 300 g/mol. The van der Waals surface area contributed by atoms with E-state index in [2.05, 4.69) is 15.9 Å². The van der Waals surface area contributed by atoms with Gasteiger partial charge < -0.3 is 9.84 Å². The lowest BCUT2D eigenvalue weighted by Crippen LogP contribution is -2.00. The number of halogens is 1. The minimum atomic E-state index is -0.746. The van der Waals surface area contributed by atoms with E-state index in [1.807, 2.05) is 24.3 Å². The van der Waals surface area contributed by atoms with E-state index in [1.165, 1.54) is 5.56 Å². The lowest BCUT2D eigenvalue weighted by Gasteiger charge is -2.06. The van der Waals surface area contributed by atoms with Crippen LogP contribution in [0.1, 0.15) is 24.8 Å². The van der Waals surface area contributed by atoms with Gasteiger partial charge in [-0.1, -0.05) is 28.1 Å². The number of carboxylic acid groups (broad SMARTS) is 1. The summed E-state index contributed by atoms with van der Waals surface area (Å²) in [6.07, 6.45) is 2.67. The number of aryl methyl sites for hydroxylation is 1. The summed E-state index contributed by atoms with van der Waals surface area (Å²) in [5, 5.41) is 9.43. The molecular formula is C13H17BrO3. The van der Waals surface area contributed by atoms with Crippen LogP contribution in [0.4, 0.5) is 0 Å². The molecule has 0 aromatic heterocycles. The summed E-state index contributed by atoms with van der Waals surface area (Å²) in [5.74, 6) is 0.0998. The predicted octanol–water partition coefficient (Wildman–Crippen LogP) is 3.26. The third-order valence-corrected chi connectivity index (χ3v) is 2.76. The number of carboxylic acids is 1. The Morgan fingerprint density at radius 1 is 1.24 bits per heavy atom. The normalized spacial score (nSPS) is 10.2. The molecule has 1 rings (SSSR count). The van der Waals surface area contributed by atoms with Crippen molar-refractivity contribution in [3.63, 3.8) is 0 Å². The summed E-state index contributed by atoms with van der Waals surface area (Å²) < 4.78 is 5.52. The summed E-state index contributed by atoms with van der Waals surface area (Å²) in [5.41, 5.74) is 1.28. The van der Waals surface area contributed by atoms with Crippen LogP contribution in [-0.2, 0) is 11.2 Å². The van der Waals surface area contributed by atoms with E-state index in [4.69, 9.17) is 9.84 Å². The van der Waals surface area contributed by atoms with Crippen molar-refractivity contribution in [1.82, 2.24) is 0 Å². The summed E-state index contributed by atoms with van der Waals surface area (Å²) in [7, 11) is 0. The standard InChI is InChI=1S/C13H17BrO3/c14-9-8-11-4-6-12(7-5-11)17-10-2-1-3-13(15)16/h4-7H,1-3,8-10H2,(H,15,16). The second kappa shape index (κ2) is 8.12. The van der Waals surface area contributed by atoms with E-state index in [-0.39, 0.29) is 6.42 Å². The molecule has 0 fully saturated rings. The Bertz CT molecular complexity index is 335. The SMILES string of the molecule is O=C(O)CCCCOc1ccc(CCBr)cc1. The Kier molecular flexibility index (Phi) is 6.70. The molecule has 0 aliphatic rings. The van der Waals surface area contributed by atoms with Crippen molar-refractivity contribution < 1.29 is 14.6 Å². The van der Waals surface area contributed by atoms with Crippen LogP contribution in [0.15, 0.2) is 24.3 Å². The van der Waals surface area contributed by atoms with Crippen LogP contribution in [0.2, 0.25) is 0 Å². The van der Waals surface area contributed by atoms with Gasteiger partial charge in [0.05, 0.1) is 6.61 Å². The molecule has 1 aromatic carbocycles. The van der Waals surface area contributed by atoms with Gasteiger partial charge in [-0.3, -0.25) is 4.79 Å². The number of aliphatic carboxylic acids is 1. The fourth-order valence-corrected chi connectivity index (χ4v) is 1.89. The zero-order chi connectivity index (χ0) is 12.5. The van der Waals surface area contributed by atoms with Crippen LogP contribution in [0.3, 0.4) is 0 Å². The van der Waals surface area contributed by atoms with Gasteiger partial charge in [0.25, 0.3) is 0 Å². The predicted molar refractivity (Wildman–Crippen MR) is 70.9 cm³/mol. The molecule has 4 heteroatoms. The van der Waals surface area contributed by atoms with Gasteiger partial charge >= 0.3 is 5.97 Å². The number of benzene rings is 1. The quantitative estimate of drug-likeness (QED) is 0.592. The van der Waals surface area contributed by atoms with Gasteiger partial charge in [-0.25, -0.2) is 0 Å². The highest BCUT2D eigenvalue weighted by Crippen LogP contribution is 2.13. The summed E-state index contributed by atoms with van der Waals surface area (Å²) in [6.45, 7) is 0.574. The molecule has 0 aliphatic carbocycles. The van der Waals surface area contributed by atoms with E-state index in [9.17, 15) is 4.79 Å². The van der Waals surface area contributed by atoms with E-state index >= 15 is 0 Å². The second-order valence-corrected chi connectivity index (χ2v) is 4.58. The van der Waals surface area contributed by atoms with E-state index < -0.39 is 5.97 Å². The molecule has 0 radical (unpaired) electrons. The summed E-state index contributed by atoms with van der Waals surface area (Å²) in [4.78, 5) is 10.3. The van der Waals surface area contributed by atoms with Crippen molar-refractivity contribution in [3.8, 4) is 5.75 Å². The number of ether oxygens (including phenoxy) is 1. The van der Waals surface area contributed by atoms with Gasteiger partial charge in [-0.2, -0.15) is 0 Å². The molecule has 0 unspecified atom stereocenters. The summed E-state index contributed by atoms with van der Waals surface area (Å²) in [6, 6.07) is 8.01. The first-order valence-corrected chi connectivity index (χ1v) is 6.84. The minimum absolute atomic E-state index is 0.216. The Hall–Kier alpha value is -1.03. The topological polar surface area (TPSA) is 46.5 Å². The number of unbranched alkanes of at least 4 members (excludes halogenated alkanes) is 1. The molecule has 0 saturated heterocycles. The first-order chi connectivity index (χ1) is 8.22. The highest BCUT2D eigenvalue weighted by molar-refractivity contribution is 9.09. The molecule has 0 aliphatic heterocycles. The Morgan fingerprint density at radius 3 is 2.53 bits per heavy atom. The maximum atomic E-state index is 10.3. The number of hydrogen-bond acceptors (Lipinski definition) is 2. The average molecular weight is 301 g/mol. The molecule has 0 amide bonds. The molecule has 94 valence electrons. The number of hydrogen-bond donors (Lipinski definition) is 1. The molecule has 17 heavy (non-hydrogen) atoms. The zero-order valence-electron chi connectivity index (χ0n) is 9.69. The highest BCUT2D eigenvalue weighted by atomic mass is 79.9. The van der Waals surface area contributed by atoms with Gasteiger partial charge in [0.15, 0.2) is 0 Å². The molecule has 0 saturated carbocycles. The second-order valence-electron chi connectivity index (χ2n) is 3.78. The molecule has 1 N–H and O–H groups in total. The lowest BCUT2D eigenvalue weighted by atomic mass is 10.2. The number of alkyl halides is 1. The van der Waals surface area contributed by atoms with Gasteiger partial charge in [0, 0.05) is 11.8 Å². The van der Waals surface area contributed by atoms with Crippen molar-refractivity contribution in [1.29, 1.82) is 0 Å². The van der Waals surface area contributed by atoms with Gasteiger partial charge in [-0.05, 0) is 37.0 Å². The van der Waals surface area contributed by atoms with Crippen molar-refractivity contribution in [2.75, 3.05) is 11.9 Å². The molecule has 0 heterocycles. The van der Waals surface area contributed by atoms with Gasteiger partial charge in [0.2, 0.25) is 0 Å². The van der Waals surface area contributed by atoms with E-state index in [0.29, 0.717) is 13.0 Å². The van der Waals surface area contributed by atoms with Crippen molar-refractivity contribution in [3.05, 3.63) is 29.8 Å². The Morgan fingerprint density at radius 2 is 1.94 bits per heavy atom. The number of carbonyl (C=O) groups is 1. The Balaban J connectivity index is 2.20. The fraction of sp³-hybridized carbons (Fsp3) is 0.462. The molecular weight excluding hydrogens is 284 g/mol. The third kappa shape index (κ3) is 6.31. The van der Waals surface area contributed by atoms with Gasteiger partial charge in [-0.15, -0.1) is 0 Å². The molecule has 3 nitrogen and oxygen atoms in total. The highest BCUT2D eigenvalue weighted by Gasteiger charge is 1.98. The van der Waals surface area contributed by atoms with Crippen LogP contribution in [0.5, 0.6) is 5.75 Å². The largest absolute Gasteiger partial charge is 0.494 e. The molecule has 0 spiro atoms. The van der Waals surface area contributed by atoms with Gasteiger partial charge in [0.1, 0.15) is 5.75 Å². The van der Waals surface area contributed by atoms with Crippen LogP contribution in [0, 0.1) is 0 Å². The number of rotatable bonds is 8. The van der Waals surface area contributed by atoms with Crippen LogP contribution in [0.25, 0.3) is 0 Å². The van der Waals surface area contributed by atoms with Crippen molar-refractivity contribution in [2.45, 2.75) is 25.7 Å². The molecule has 0 bridgehead atoms. The summed E-state index contributed by atoms with van der Waals surface area (Å²) >= 11 is 3.40. The zero-order valence-corrected chi connectivity index (χ0v) is 11.3. The molecule has 1 aromatic rings. The maximum Gasteiger partial charge on any atom is 0.303 e. The third-order valence-electron chi connectivity index (χ3n) is 2.36. The van der Waals surface area contributed by atoms with Crippen molar-refractivity contribution >= 4 is 21.9 Å². The lowest BCUT2D eigenvalue weighted by molar-refractivity contribution is -0.137. The fourth-order valence-electron chi connectivity index (χ4n) is 1.43. The van der Waals surface area contributed by atoms with Crippen LogP contribution in [-0.4, -0.2) is 23.0 Å². The van der Waals surface area contributed by atoms with Crippen LogP contribution < -0.4 is 4.74 Å². The smallest absolute Gasteiger partial charge is 0.303 e. The Labute approximate surface area is 110 Å². The van der Waals surface area contributed by atoms with E-state index in [1.54, 1.807) is 0 Å². The van der Waals surface area contributed by atoms with Crippen LogP contribution >= 0.6 is 15.9 Å². The minimum Gasteiger partial charge on any atom is -0.494 e. The first kappa shape index (κ1) is 14.0.